The Morgan fingerprint density at radius 2 is 1.76 bits per heavy atom. The molecule has 21 heavy (non-hydrogen) atoms. The van der Waals surface area contributed by atoms with Crippen molar-refractivity contribution in [2.24, 2.45) is 0 Å². The predicted molar refractivity (Wildman–Crippen MR) is 95.9 cm³/mol. The van der Waals surface area contributed by atoms with Crippen LogP contribution in [0.25, 0.3) is 0 Å². The van der Waals surface area contributed by atoms with Crippen LogP contribution in [0.15, 0.2) is 12.7 Å². The molecule has 0 N–H and O–H groups in total. The van der Waals surface area contributed by atoms with Crippen molar-refractivity contribution in [2.45, 2.75) is 89.0 Å². The third kappa shape index (κ3) is 13.1. The van der Waals surface area contributed by atoms with Gasteiger partial charge in [0, 0.05) is 15.0 Å². The van der Waals surface area contributed by atoms with E-state index >= 15 is 0 Å². The molecule has 124 valence electrons. The van der Waals surface area contributed by atoms with Crippen molar-refractivity contribution in [1.82, 2.24) is 0 Å². The fraction of sp³-hybridized carbons (Fsp3) is 0.824. The summed E-state index contributed by atoms with van der Waals surface area (Å²) in [6, 6.07) is 0.945. The second-order valence-electron chi connectivity index (χ2n) is 7.06. The minimum absolute atomic E-state index is 0.0474. The summed E-state index contributed by atoms with van der Waals surface area (Å²) >= 11 is 6.49. The second-order valence-corrected chi connectivity index (χ2v) is 13.2. The Morgan fingerprint density at radius 3 is 2.29 bits per heavy atom. The number of hydrogen-bond acceptors (Lipinski definition) is 2. The van der Waals surface area contributed by atoms with E-state index in [1.54, 1.807) is 0 Å². The summed E-state index contributed by atoms with van der Waals surface area (Å²) in [6.45, 7) is 12.1. The van der Waals surface area contributed by atoms with Crippen molar-refractivity contribution in [3.8, 4) is 0 Å². The minimum Gasteiger partial charge on any atom is -0.461 e. The van der Waals surface area contributed by atoms with Crippen LogP contribution in [0.4, 0.5) is 0 Å². The number of carbonyl (C=O) groups is 1. The van der Waals surface area contributed by atoms with Gasteiger partial charge < -0.3 is 4.74 Å². The molecule has 0 aromatic heterocycles. The maximum absolute atomic E-state index is 11.2. The average molecular weight is 333 g/mol. The summed E-state index contributed by atoms with van der Waals surface area (Å²) in [4.78, 5) is 11.2. The van der Waals surface area contributed by atoms with E-state index in [0.29, 0.717) is 0 Å². The molecule has 2 unspecified atom stereocenters. The second kappa shape index (κ2) is 11.3. The Hall–Kier alpha value is -0.283. The third-order valence-corrected chi connectivity index (χ3v) is 5.55. The van der Waals surface area contributed by atoms with Crippen molar-refractivity contribution in [2.75, 3.05) is 0 Å². The maximum Gasteiger partial charge on any atom is 0.302 e. The zero-order chi connectivity index (χ0) is 16.3. The molecule has 0 heterocycles. The Morgan fingerprint density at radius 1 is 1.19 bits per heavy atom. The third-order valence-electron chi connectivity index (χ3n) is 3.42. The molecular weight excluding hydrogens is 300 g/mol. The van der Waals surface area contributed by atoms with Crippen molar-refractivity contribution >= 4 is 25.6 Å². The van der Waals surface area contributed by atoms with Gasteiger partial charge in [0.15, 0.2) is 0 Å². The van der Waals surface area contributed by atoms with Crippen LogP contribution in [0.1, 0.15) is 51.9 Å². The first-order valence-corrected chi connectivity index (χ1v) is 12.3. The highest BCUT2D eigenvalue weighted by molar-refractivity contribution is 6.76. The van der Waals surface area contributed by atoms with Gasteiger partial charge in [0.1, 0.15) is 6.10 Å². The molecule has 2 nitrogen and oxygen atoms in total. The number of halogens is 1. The van der Waals surface area contributed by atoms with Crippen LogP contribution in [-0.4, -0.2) is 25.5 Å². The monoisotopic (exact) mass is 332 g/mol. The van der Waals surface area contributed by atoms with Gasteiger partial charge in [-0.25, -0.2) is 0 Å². The van der Waals surface area contributed by atoms with Crippen LogP contribution in [0, 0.1) is 0 Å². The molecule has 0 spiro atoms. The molecule has 4 heteroatoms. The van der Waals surface area contributed by atoms with Crippen molar-refractivity contribution < 1.29 is 9.53 Å². The van der Waals surface area contributed by atoms with E-state index in [9.17, 15) is 4.79 Å². The molecule has 0 rings (SSSR count). The summed E-state index contributed by atoms with van der Waals surface area (Å²) in [5.74, 6) is -0.215. The van der Waals surface area contributed by atoms with E-state index in [-0.39, 0.29) is 17.5 Å². The van der Waals surface area contributed by atoms with Gasteiger partial charge in [-0.2, -0.15) is 0 Å². The summed E-state index contributed by atoms with van der Waals surface area (Å²) in [5.41, 5.74) is 0. The van der Waals surface area contributed by atoms with E-state index in [1.807, 2.05) is 6.08 Å². The molecule has 0 aliphatic rings. The van der Waals surface area contributed by atoms with Gasteiger partial charge >= 0.3 is 5.97 Å². The first-order chi connectivity index (χ1) is 9.76. The van der Waals surface area contributed by atoms with Gasteiger partial charge in [0.25, 0.3) is 0 Å². The summed E-state index contributed by atoms with van der Waals surface area (Å²) < 4.78 is 5.45. The normalized spacial score (nSPS) is 14.5. The number of alkyl halides is 1. The number of allylic oxidation sites excluding steroid dienone is 1. The molecule has 0 aliphatic heterocycles. The maximum atomic E-state index is 11.2. The van der Waals surface area contributed by atoms with E-state index in [1.165, 1.54) is 32.6 Å². The lowest BCUT2D eigenvalue weighted by molar-refractivity contribution is -0.145. The summed E-state index contributed by atoms with van der Waals surface area (Å²) in [5, 5.41) is -0.0474. The molecule has 0 radical (unpaired) electrons. The average Bonchev–Trinajstić information content (AvgIpc) is 2.34. The van der Waals surface area contributed by atoms with Crippen LogP contribution >= 0.6 is 11.6 Å². The largest absolute Gasteiger partial charge is 0.461 e. The number of carbonyl (C=O) groups excluding carboxylic acids is 1. The first-order valence-electron chi connectivity index (χ1n) is 8.18. The van der Waals surface area contributed by atoms with Crippen LogP contribution in [0.5, 0.6) is 0 Å². The lowest BCUT2D eigenvalue weighted by Crippen LogP contribution is -2.35. The van der Waals surface area contributed by atoms with Crippen LogP contribution in [0.2, 0.25) is 25.7 Å². The Balaban J connectivity index is 4.02. The number of esters is 1. The highest BCUT2D eigenvalue weighted by Crippen LogP contribution is 2.24. The molecule has 0 aromatic carbocycles. The highest BCUT2D eigenvalue weighted by atomic mass is 35.5. The number of rotatable bonds is 12. The molecule has 0 fully saturated rings. The van der Waals surface area contributed by atoms with Crippen LogP contribution in [0.3, 0.4) is 0 Å². The number of unbranched alkanes of at least 4 members (excludes halogenated alkanes) is 5. The first kappa shape index (κ1) is 20.7. The fourth-order valence-corrected chi connectivity index (χ4v) is 4.42. The van der Waals surface area contributed by atoms with Gasteiger partial charge in [-0.1, -0.05) is 51.4 Å². The summed E-state index contributed by atoms with van der Waals surface area (Å²) in [7, 11) is -1.29. The van der Waals surface area contributed by atoms with Crippen molar-refractivity contribution in [3.63, 3.8) is 0 Å². The lowest BCUT2D eigenvalue weighted by atomic mass is 10.1. The van der Waals surface area contributed by atoms with Gasteiger partial charge in [-0.05, 0) is 25.3 Å². The molecular formula is C17H33ClO2Si. The van der Waals surface area contributed by atoms with E-state index < -0.39 is 8.07 Å². The van der Waals surface area contributed by atoms with Crippen molar-refractivity contribution in [3.05, 3.63) is 12.7 Å². The van der Waals surface area contributed by atoms with Gasteiger partial charge in [-0.15, -0.1) is 18.2 Å². The Kier molecular flexibility index (Phi) is 11.2. The van der Waals surface area contributed by atoms with Crippen LogP contribution < -0.4 is 0 Å². The van der Waals surface area contributed by atoms with Crippen molar-refractivity contribution in [1.29, 1.82) is 0 Å². The molecule has 0 aromatic rings. The predicted octanol–water partition coefficient (Wildman–Crippen LogP) is 5.78. The SMILES string of the molecule is C=CCCCCCCCC(Cl)C(C[Si](C)(C)C)OC(C)=O. The smallest absolute Gasteiger partial charge is 0.302 e. The molecule has 0 bridgehead atoms. The molecule has 0 saturated heterocycles. The quantitative estimate of drug-likeness (QED) is 0.149. The van der Waals surface area contributed by atoms with Gasteiger partial charge in [0.05, 0.1) is 5.38 Å². The van der Waals surface area contributed by atoms with E-state index in [0.717, 1.165) is 25.3 Å². The number of hydrogen-bond donors (Lipinski definition) is 0. The minimum atomic E-state index is -1.29. The Bertz CT molecular complexity index is 300. The van der Waals surface area contributed by atoms with E-state index in [4.69, 9.17) is 16.3 Å². The highest BCUT2D eigenvalue weighted by Gasteiger charge is 2.28. The molecule has 0 saturated carbocycles. The molecule has 2 atom stereocenters. The standard InChI is InChI=1S/C17H33ClO2Si/c1-6-7-8-9-10-11-12-13-16(18)17(20-15(2)19)14-21(3,4)5/h6,16-17H,1,7-14H2,2-5H3. The molecule has 0 aliphatic carbocycles. The number of ether oxygens (including phenoxy) is 1. The zero-order valence-corrected chi connectivity index (χ0v) is 16.0. The Labute approximate surface area is 137 Å². The topological polar surface area (TPSA) is 26.3 Å². The summed E-state index contributed by atoms with van der Waals surface area (Å²) in [6.07, 6.45) is 10.00. The van der Waals surface area contributed by atoms with Crippen LogP contribution in [-0.2, 0) is 9.53 Å². The lowest BCUT2D eigenvalue weighted by Gasteiger charge is -2.27. The fourth-order valence-electron chi connectivity index (χ4n) is 2.40. The zero-order valence-electron chi connectivity index (χ0n) is 14.3. The van der Waals surface area contributed by atoms with Gasteiger partial charge in [-0.3, -0.25) is 4.79 Å². The van der Waals surface area contributed by atoms with E-state index in [2.05, 4.69) is 26.2 Å². The van der Waals surface area contributed by atoms with Gasteiger partial charge in [0.2, 0.25) is 0 Å². The molecule has 0 amide bonds.